The molecule has 0 bridgehead atoms. The Hall–Kier alpha value is -2.25. The Morgan fingerprint density at radius 2 is 2.16 bits per heavy atom. The van der Waals surface area contributed by atoms with Crippen molar-refractivity contribution in [2.24, 2.45) is 7.05 Å². The quantitative estimate of drug-likeness (QED) is 0.798. The number of piperidine rings is 1. The number of benzene rings is 1. The molecule has 2 aromatic rings. The van der Waals surface area contributed by atoms with Crippen LogP contribution in [0.1, 0.15) is 24.2 Å². The van der Waals surface area contributed by atoms with E-state index in [1.807, 2.05) is 46.8 Å². The molecule has 3 rings (SSSR count). The highest BCUT2D eigenvalue weighted by Gasteiger charge is 2.35. The van der Waals surface area contributed by atoms with Crippen molar-refractivity contribution in [2.45, 2.75) is 31.4 Å². The van der Waals surface area contributed by atoms with Crippen LogP contribution in [0.15, 0.2) is 36.7 Å². The van der Waals surface area contributed by atoms with E-state index in [4.69, 9.17) is 0 Å². The molecular weight excluding hydrogens is 318 g/mol. The molecule has 1 amide bonds. The fourth-order valence-corrected chi connectivity index (χ4v) is 3.30. The first-order valence-corrected chi connectivity index (χ1v) is 8.62. The third-order valence-corrected chi connectivity index (χ3v) is 4.63. The van der Waals surface area contributed by atoms with Crippen LogP contribution in [-0.4, -0.2) is 55.9 Å². The SMILES string of the molecule is Cn1cnnc1CC1(O)CCCN(CC(=O)NCc2ccccc2)C1. The van der Waals surface area contributed by atoms with Crippen molar-refractivity contribution in [3.63, 3.8) is 0 Å². The summed E-state index contributed by atoms with van der Waals surface area (Å²) in [7, 11) is 1.87. The number of likely N-dealkylation sites (tertiary alicyclic amines) is 1. The van der Waals surface area contributed by atoms with E-state index >= 15 is 0 Å². The van der Waals surface area contributed by atoms with Crippen molar-refractivity contribution in [2.75, 3.05) is 19.6 Å². The number of aromatic nitrogens is 3. The van der Waals surface area contributed by atoms with E-state index in [2.05, 4.69) is 15.5 Å². The monoisotopic (exact) mass is 343 g/mol. The Labute approximate surface area is 147 Å². The highest BCUT2D eigenvalue weighted by molar-refractivity contribution is 5.78. The second-order valence-electron chi connectivity index (χ2n) is 6.84. The minimum Gasteiger partial charge on any atom is -0.388 e. The van der Waals surface area contributed by atoms with Gasteiger partial charge in [-0.3, -0.25) is 9.69 Å². The zero-order valence-corrected chi connectivity index (χ0v) is 14.6. The van der Waals surface area contributed by atoms with Gasteiger partial charge in [-0.05, 0) is 24.9 Å². The van der Waals surface area contributed by atoms with Crippen molar-refractivity contribution < 1.29 is 9.90 Å². The number of amides is 1. The third kappa shape index (κ3) is 4.87. The lowest BCUT2D eigenvalue weighted by Crippen LogP contribution is -2.52. The molecule has 1 fully saturated rings. The molecule has 1 aliphatic heterocycles. The lowest BCUT2D eigenvalue weighted by Gasteiger charge is -2.38. The summed E-state index contributed by atoms with van der Waals surface area (Å²) in [5.41, 5.74) is 0.215. The number of carbonyl (C=O) groups is 1. The van der Waals surface area contributed by atoms with E-state index in [1.165, 1.54) is 0 Å². The minimum atomic E-state index is -0.862. The van der Waals surface area contributed by atoms with Gasteiger partial charge in [0.2, 0.25) is 5.91 Å². The summed E-state index contributed by atoms with van der Waals surface area (Å²) < 4.78 is 1.82. The zero-order valence-electron chi connectivity index (χ0n) is 14.6. The molecule has 7 heteroatoms. The molecule has 0 saturated carbocycles. The van der Waals surface area contributed by atoms with Crippen LogP contribution in [0.3, 0.4) is 0 Å². The molecule has 2 N–H and O–H groups in total. The van der Waals surface area contributed by atoms with Crippen LogP contribution in [-0.2, 0) is 24.8 Å². The lowest BCUT2D eigenvalue weighted by molar-refractivity contribution is -0.124. The van der Waals surface area contributed by atoms with Crippen molar-refractivity contribution in [1.82, 2.24) is 25.0 Å². The summed E-state index contributed by atoms with van der Waals surface area (Å²) in [6, 6.07) is 9.84. The highest BCUT2D eigenvalue weighted by Crippen LogP contribution is 2.24. The van der Waals surface area contributed by atoms with Gasteiger partial charge in [0, 0.05) is 26.6 Å². The molecule has 2 heterocycles. The summed E-state index contributed by atoms with van der Waals surface area (Å²) in [6.07, 6.45) is 3.66. The van der Waals surface area contributed by atoms with Gasteiger partial charge >= 0.3 is 0 Å². The van der Waals surface area contributed by atoms with Crippen LogP contribution in [0.25, 0.3) is 0 Å². The van der Waals surface area contributed by atoms with Gasteiger partial charge in [-0.15, -0.1) is 10.2 Å². The Morgan fingerprint density at radius 3 is 2.88 bits per heavy atom. The van der Waals surface area contributed by atoms with Crippen LogP contribution in [0.4, 0.5) is 0 Å². The van der Waals surface area contributed by atoms with E-state index in [-0.39, 0.29) is 5.91 Å². The Kier molecular flexibility index (Phi) is 5.45. The number of hydrogen-bond donors (Lipinski definition) is 2. The normalized spacial score (nSPS) is 21.2. The predicted octanol–water partition coefficient (Wildman–Crippen LogP) is 0.501. The number of rotatable bonds is 6. The summed E-state index contributed by atoms with van der Waals surface area (Å²) in [5.74, 6) is 0.740. The van der Waals surface area contributed by atoms with Crippen molar-refractivity contribution >= 4 is 5.91 Å². The Balaban J connectivity index is 1.50. The van der Waals surface area contributed by atoms with Crippen LogP contribution in [0.5, 0.6) is 0 Å². The molecule has 0 radical (unpaired) electrons. The van der Waals surface area contributed by atoms with Gasteiger partial charge in [-0.1, -0.05) is 30.3 Å². The molecule has 1 aliphatic rings. The van der Waals surface area contributed by atoms with Crippen LogP contribution >= 0.6 is 0 Å². The van der Waals surface area contributed by atoms with E-state index in [0.717, 1.165) is 24.4 Å². The summed E-state index contributed by atoms with van der Waals surface area (Å²) >= 11 is 0. The molecule has 1 aromatic heterocycles. The molecule has 0 aliphatic carbocycles. The summed E-state index contributed by atoms with van der Waals surface area (Å²) in [4.78, 5) is 14.2. The third-order valence-electron chi connectivity index (χ3n) is 4.63. The smallest absolute Gasteiger partial charge is 0.234 e. The lowest BCUT2D eigenvalue weighted by atomic mass is 9.89. The fourth-order valence-electron chi connectivity index (χ4n) is 3.30. The number of aliphatic hydroxyl groups is 1. The van der Waals surface area contributed by atoms with Gasteiger partial charge < -0.3 is 15.0 Å². The number of hydrogen-bond acceptors (Lipinski definition) is 5. The van der Waals surface area contributed by atoms with E-state index in [9.17, 15) is 9.90 Å². The summed E-state index contributed by atoms with van der Waals surface area (Å²) in [6.45, 7) is 2.11. The Morgan fingerprint density at radius 1 is 1.36 bits per heavy atom. The maximum absolute atomic E-state index is 12.2. The number of nitrogens with one attached hydrogen (secondary N) is 1. The molecule has 7 nitrogen and oxygen atoms in total. The molecule has 1 unspecified atom stereocenters. The first-order chi connectivity index (χ1) is 12.0. The molecule has 1 saturated heterocycles. The van der Waals surface area contributed by atoms with Crippen LogP contribution < -0.4 is 5.32 Å². The minimum absolute atomic E-state index is 0.0215. The van der Waals surface area contributed by atoms with Crippen LogP contribution in [0.2, 0.25) is 0 Å². The van der Waals surface area contributed by atoms with E-state index in [0.29, 0.717) is 32.5 Å². The predicted molar refractivity (Wildman–Crippen MR) is 93.6 cm³/mol. The largest absolute Gasteiger partial charge is 0.388 e. The molecule has 1 atom stereocenters. The van der Waals surface area contributed by atoms with Gasteiger partial charge in [-0.2, -0.15) is 0 Å². The van der Waals surface area contributed by atoms with E-state index in [1.54, 1.807) is 6.33 Å². The maximum Gasteiger partial charge on any atom is 0.234 e. The molecule has 134 valence electrons. The number of aryl methyl sites for hydroxylation is 1. The topological polar surface area (TPSA) is 83.3 Å². The van der Waals surface area contributed by atoms with Crippen molar-refractivity contribution in [1.29, 1.82) is 0 Å². The highest BCUT2D eigenvalue weighted by atomic mass is 16.3. The molecule has 1 aromatic carbocycles. The maximum atomic E-state index is 12.2. The summed E-state index contributed by atoms with van der Waals surface area (Å²) in [5, 5.41) is 21.8. The van der Waals surface area contributed by atoms with Crippen LogP contribution in [0, 0.1) is 0 Å². The molecule has 25 heavy (non-hydrogen) atoms. The van der Waals surface area contributed by atoms with Gasteiger partial charge in [0.1, 0.15) is 12.2 Å². The number of nitrogens with zero attached hydrogens (tertiary/aromatic N) is 4. The average molecular weight is 343 g/mol. The Bertz CT molecular complexity index is 703. The van der Waals surface area contributed by atoms with Gasteiger partial charge in [-0.25, -0.2) is 0 Å². The second kappa shape index (κ2) is 7.76. The molecular formula is C18H25N5O2. The standard InChI is InChI=1S/C18H25N5O2/c1-22-14-20-21-16(22)10-18(25)8-5-9-23(13-18)12-17(24)19-11-15-6-3-2-4-7-15/h2-4,6-7,14,25H,5,8-13H2,1H3,(H,19,24). The average Bonchev–Trinajstić information content (AvgIpc) is 2.98. The fraction of sp³-hybridized carbons (Fsp3) is 0.500. The zero-order chi connectivity index (χ0) is 17.7. The van der Waals surface area contributed by atoms with Gasteiger partial charge in [0.05, 0.1) is 12.1 Å². The number of carbonyl (C=O) groups excluding carboxylic acids is 1. The van der Waals surface area contributed by atoms with Gasteiger partial charge in [0.25, 0.3) is 0 Å². The van der Waals surface area contributed by atoms with Crippen molar-refractivity contribution in [3.8, 4) is 0 Å². The molecule has 0 spiro atoms. The first-order valence-electron chi connectivity index (χ1n) is 8.62. The first kappa shape index (κ1) is 17.6. The van der Waals surface area contributed by atoms with Gasteiger partial charge in [0.15, 0.2) is 0 Å². The second-order valence-corrected chi connectivity index (χ2v) is 6.84. The van der Waals surface area contributed by atoms with E-state index < -0.39 is 5.60 Å². The van der Waals surface area contributed by atoms with Crippen molar-refractivity contribution in [3.05, 3.63) is 48.0 Å². The number of β-amino-alcohol motifs (C(OH)–C–C–N with tert-alkyl or cyclic N) is 1.